The van der Waals surface area contributed by atoms with E-state index in [-0.39, 0.29) is 11.9 Å². The summed E-state index contributed by atoms with van der Waals surface area (Å²) in [7, 11) is 2.00. The Morgan fingerprint density at radius 2 is 2.20 bits per heavy atom. The maximum atomic E-state index is 13.1. The lowest BCUT2D eigenvalue weighted by atomic mass is 10.1. The number of amides is 1. The molecule has 1 saturated heterocycles. The minimum atomic E-state index is -0.550. The Labute approximate surface area is 145 Å². The number of nitrogens with two attached hydrogens (primary N) is 1. The second-order valence-electron chi connectivity index (χ2n) is 6.44. The van der Waals surface area contributed by atoms with Crippen molar-refractivity contribution in [1.82, 2.24) is 19.9 Å². The van der Waals surface area contributed by atoms with E-state index in [9.17, 15) is 9.18 Å². The topological polar surface area (TPSA) is 88.5 Å². The van der Waals surface area contributed by atoms with E-state index >= 15 is 0 Å². The number of nitrogens with zero attached hydrogens (tertiary/aromatic N) is 4. The van der Waals surface area contributed by atoms with Crippen LogP contribution in [0.5, 0.6) is 0 Å². The molecule has 1 aliphatic rings. The fourth-order valence-corrected chi connectivity index (χ4v) is 3.32. The molecule has 7 nitrogen and oxygen atoms in total. The van der Waals surface area contributed by atoms with E-state index in [1.807, 2.05) is 11.9 Å². The van der Waals surface area contributed by atoms with Gasteiger partial charge in [0, 0.05) is 26.1 Å². The number of likely N-dealkylation sites (tertiary alicyclic amines) is 1. The smallest absolute Gasteiger partial charge is 0.239 e. The predicted octanol–water partition coefficient (Wildman–Crippen LogP) is 1.25. The highest BCUT2D eigenvalue weighted by Gasteiger charge is 2.34. The lowest BCUT2D eigenvalue weighted by Crippen LogP contribution is -2.39. The average Bonchev–Trinajstić information content (AvgIpc) is 3.19. The molecular formula is C17H22FN5O2. The molecule has 1 aromatic heterocycles. The summed E-state index contributed by atoms with van der Waals surface area (Å²) in [6, 6.07) is 5.63. The lowest BCUT2D eigenvalue weighted by Gasteiger charge is -2.27. The molecule has 8 heteroatoms. The third kappa shape index (κ3) is 4.02. The van der Waals surface area contributed by atoms with Crippen LogP contribution in [0, 0.1) is 12.7 Å². The van der Waals surface area contributed by atoms with E-state index in [2.05, 4.69) is 15.0 Å². The summed E-state index contributed by atoms with van der Waals surface area (Å²) in [6.45, 7) is 3.77. The quantitative estimate of drug-likeness (QED) is 0.846. The Morgan fingerprint density at radius 1 is 1.48 bits per heavy atom. The SMILES string of the molecule is Cc1nc(CN(C)C2CCN(C(C(N)=O)c3ccc(F)cc3)C2)no1. The molecule has 0 saturated carbocycles. The summed E-state index contributed by atoms with van der Waals surface area (Å²) >= 11 is 0. The largest absolute Gasteiger partial charge is 0.368 e. The van der Waals surface area contributed by atoms with Crippen molar-refractivity contribution in [2.45, 2.75) is 32.0 Å². The molecule has 3 rings (SSSR count). The first-order valence-corrected chi connectivity index (χ1v) is 8.22. The van der Waals surface area contributed by atoms with Crippen LogP contribution >= 0.6 is 0 Å². The number of carbonyl (C=O) groups is 1. The van der Waals surface area contributed by atoms with Gasteiger partial charge in [0.1, 0.15) is 11.9 Å². The van der Waals surface area contributed by atoms with Crippen LogP contribution in [0.3, 0.4) is 0 Å². The summed E-state index contributed by atoms with van der Waals surface area (Å²) in [5, 5.41) is 3.91. The van der Waals surface area contributed by atoms with E-state index < -0.39 is 11.9 Å². The number of primary amides is 1. The number of aromatic nitrogens is 2. The fraction of sp³-hybridized carbons (Fsp3) is 0.471. The van der Waals surface area contributed by atoms with Gasteiger partial charge in [0.2, 0.25) is 11.8 Å². The number of hydrogen-bond acceptors (Lipinski definition) is 6. The Balaban J connectivity index is 1.67. The van der Waals surface area contributed by atoms with E-state index in [4.69, 9.17) is 10.3 Å². The molecule has 134 valence electrons. The summed E-state index contributed by atoms with van der Waals surface area (Å²) in [5.41, 5.74) is 6.33. The van der Waals surface area contributed by atoms with Crippen LogP contribution in [0.25, 0.3) is 0 Å². The van der Waals surface area contributed by atoms with Crippen LogP contribution in [0.15, 0.2) is 28.8 Å². The summed E-state index contributed by atoms with van der Waals surface area (Å²) < 4.78 is 18.1. The second kappa shape index (κ2) is 7.28. The van der Waals surface area contributed by atoms with Crippen molar-refractivity contribution in [2.75, 3.05) is 20.1 Å². The minimum absolute atomic E-state index is 0.251. The molecule has 1 aromatic carbocycles. The van der Waals surface area contributed by atoms with Crippen LogP contribution < -0.4 is 5.73 Å². The van der Waals surface area contributed by atoms with Crippen molar-refractivity contribution in [2.24, 2.45) is 5.73 Å². The van der Waals surface area contributed by atoms with Crippen LogP contribution in [0.1, 0.15) is 29.7 Å². The highest BCUT2D eigenvalue weighted by molar-refractivity contribution is 5.81. The monoisotopic (exact) mass is 347 g/mol. The first kappa shape index (κ1) is 17.5. The third-order valence-corrected chi connectivity index (χ3v) is 4.60. The van der Waals surface area contributed by atoms with Crippen LogP contribution in [-0.2, 0) is 11.3 Å². The van der Waals surface area contributed by atoms with Gasteiger partial charge in [-0.1, -0.05) is 17.3 Å². The van der Waals surface area contributed by atoms with Crippen molar-refractivity contribution in [3.63, 3.8) is 0 Å². The highest BCUT2D eigenvalue weighted by atomic mass is 19.1. The Morgan fingerprint density at radius 3 is 2.80 bits per heavy atom. The molecule has 2 N–H and O–H groups in total. The number of benzene rings is 1. The van der Waals surface area contributed by atoms with Gasteiger partial charge in [-0.2, -0.15) is 4.98 Å². The average molecular weight is 347 g/mol. The van der Waals surface area contributed by atoms with Crippen molar-refractivity contribution >= 4 is 5.91 Å². The molecule has 2 heterocycles. The Kier molecular flexibility index (Phi) is 5.10. The second-order valence-corrected chi connectivity index (χ2v) is 6.44. The third-order valence-electron chi connectivity index (χ3n) is 4.60. The van der Waals surface area contributed by atoms with E-state index in [1.54, 1.807) is 19.1 Å². The Bertz CT molecular complexity index is 733. The maximum absolute atomic E-state index is 13.1. The molecule has 2 atom stereocenters. The van der Waals surface area contributed by atoms with Crippen molar-refractivity contribution in [1.29, 1.82) is 0 Å². The van der Waals surface area contributed by atoms with Gasteiger partial charge in [0.25, 0.3) is 0 Å². The summed E-state index contributed by atoms with van der Waals surface area (Å²) in [6.07, 6.45) is 0.901. The van der Waals surface area contributed by atoms with Gasteiger partial charge in [0.15, 0.2) is 5.82 Å². The van der Waals surface area contributed by atoms with Gasteiger partial charge in [-0.25, -0.2) is 4.39 Å². The molecule has 2 aromatic rings. The number of carbonyl (C=O) groups excluding carboxylic acids is 1. The van der Waals surface area contributed by atoms with E-state index in [0.717, 1.165) is 13.0 Å². The number of aryl methyl sites for hydroxylation is 1. The van der Waals surface area contributed by atoms with Crippen LogP contribution in [0.4, 0.5) is 4.39 Å². The molecule has 0 spiro atoms. The van der Waals surface area contributed by atoms with Crippen LogP contribution in [0.2, 0.25) is 0 Å². The molecule has 25 heavy (non-hydrogen) atoms. The number of likely N-dealkylation sites (N-methyl/N-ethyl adjacent to an activating group) is 1. The molecule has 1 amide bonds. The zero-order valence-corrected chi connectivity index (χ0v) is 14.4. The van der Waals surface area contributed by atoms with Crippen LogP contribution in [-0.4, -0.2) is 52.0 Å². The highest BCUT2D eigenvalue weighted by Crippen LogP contribution is 2.27. The number of hydrogen-bond donors (Lipinski definition) is 1. The number of halogens is 1. The fourth-order valence-electron chi connectivity index (χ4n) is 3.32. The zero-order valence-electron chi connectivity index (χ0n) is 14.4. The van der Waals surface area contributed by atoms with Gasteiger partial charge in [0.05, 0.1) is 6.54 Å². The first-order valence-electron chi connectivity index (χ1n) is 8.22. The van der Waals surface area contributed by atoms with Gasteiger partial charge >= 0.3 is 0 Å². The van der Waals surface area contributed by atoms with Gasteiger partial charge in [-0.15, -0.1) is 0 Å². The zero-order chi connectivity index (χ0) is 18.0. The molecule has 0 aliphatic carbocycles. The standard InChI is InChI=1S/C17H22FN5O2/c1-11-20-15(21-25-11)10-22(2)14-7-8-23(9-14)16(17(19)24)12-3-5-13(18)6-4-12/h3-6,14,16H,7-10H2,1-2H3,(H2,19,24). The van der Waals surface area contributed by atoms with Crippen molar-refractivity contribution < 1.29 is 13.7 Å². The summed E-state index contributed by atoms with van der Waals surface area (Å²) in [4.78, 5) is 20.4. The van der Waals surface area contributed by atoms with Gasteiger partial charge in [-0.05, 0) is 31.2 Å². The molecule has 0 bridgehead atoms. The van der Waals surface area contributed by atoms with Crippen molar-refractivity contribution in [3.8, 4) is 0 Å². The van der Waals surface area contributed by atoms with Gasteiger partial charge < -0.3 is 10.3 Å². The molecule has 0 radical (unpaired) electrons. The minimum Gasteiger partial charge on any atom is -0.368 e. The molecule has 1 aliphatic heterocycles. The Hall–Kier alpha value is -2.32. The molecule has 2 unspecified atom stereocenters. The molecular weight excluding hydrogens is 325 g/mol. The normalized spacial score (nSPS) is 19.4. The number of rotatable bonds is 6. The maximum Gasteiger partial charge on any atom is 0.239 e. The van der Waals surface area contributed by atoms with E-state index in [1.165, 1.54) is 12.1 Å². The van der Waals surface area contributed by atoms with Gasteiger partial charge in [-0.3, -0.25) is 14.6 Å². The predicted molar refractivity (Wildman–Crippen MR) is 88.8 cm³/mol. The molecule has 1 fully saturated rings. The summed E-state index contributed by atoms with van der Waals surface area (Å²) in [5.74, 6) is 0.426. The lowest BCUT2D eigenvalue weighted by molar-refractivity contribution is -0.123. The van der Waals surface area contributed by atoms with Crippen molar-refractivity contribution in [3.05, 3.63) is 47.4 Å². The van der Waals surface area contributed by atoms with E-state index in [0.29, 0.717) is 30.4 Å². The first-order chi connectivity index (χ1) is 11.9.